The van der Waals surface area contributed by atoms with Gasteiger partial charge in [-0.05, 0) is 51.0 Å². The summed E-state index contributed by atoms with van der Waals surface area (Å²) in [6.45, 7) is 4.76. The zero-order valence-corrected chi connectivity index (χ0v) is 14.4. The largest absolute Gasteiger partial charge is 0.441 e. The number of nitrogens with two attached hydrogens (primary N) is 1. The molecule has 0 saturated carbocycles. The van der Waals surface area contributed by atoms with Crippen molar-refractivity contribution in [3.05, 3.63) is 35.7 Å². The molecule has 0 aliphatic carbocycles. The molecule has 1 aromatic carbocycles. The molecule has 1 aliphatic heterocycles. The number of aromatic nitrogens is 1. The maximum absolute atomic E-state index is 12.4. The topological polar surface area (TPSA) is 101 Å². The molecule has 25 heavy (non-hydrogen) atoms. The van der Waals surface area contributed by atoms with E-state index in [9.17, 15) is 9.59 Å². The van der Waals surface area contributed by atoms with Gasteiger partial charge < -0.3 is 20.4 Å². The van der Waals surface area contributed by atoms with Crippen molar-refractivity contribution in [2.24, 2.45) is 11.7 Å². The second-order valence-corrected chi connectivity index (χ2v) is 6.35. The Morgan fingerprint density at radius 3 is 2.60 bits per heavy atom. The van der Waals surface area contributed by atoms with E-state index in [-0.39, 0.29) is 11.8 Å². The first-order valence-electron chi connectivity index (χ1n) is 8.33. The molecule has 3 rings (SSSR count). The van der Waals surface area contributed by atoms with Gasteiger partial charge in [-0.2, -0.15) is 0 Å². The molecule has 0 radical (unpaired) electrons. The van der Waals surface area contributed by atoms with Gasteiger partial charge in [-0.1, -0.05) is 0 Å². The fourth-order valence-electron chi connectivity index (χ4n) is 2.93. The molecule has 1 unspecified atom stereocenters. The second kappa shape index (κ2) is 6.96. The Balaban J connectivity index is 1.65. The number of piperidine rings is 1. The first-order chi connectivity index (χ1) is 11.9. The molecule has 1 saturated heterocycles. The molecule has 7 heteroatoms. The Kier molecular flexibility index (Phi) is 4.74. The summed E-state index contributed by atoms with van der Waals surface area (Å²) in [5.41, 5.74) is 7.72. The zero-order valence-electron chi connectivity index (χ0n) is 14.4. The maximum atomic E-state index is 12.4. The lowest BCUT2D eigenvalue weighted by Gasteiger charge is -2.30. The van der Waals surface area contributed by atoms with Crippen LogP contribution in [0.25, 0.3) is 11.5 Å². The van der Waals surface area contributed by atoms with Gasteiger partial charge in [-0.15, -0.1) is 0 Å². The number of primary amides is 1. The van der Waals surface area contributed by atoms with Crippen LogP contribution in [0.1, 0.15) is 24.3 Å². The molecular formula is C18H22N4O3. The van der Waals surface area contributed by atoms with Gasteiger partial charge in [0.25, 0.3) is 0 Å². The van der Waals surface area contributed by atoms with E-state index in [0.717, 1.165) is 29.9 Å². The normalized spacial score (nSPS) is 17.4. The van der Waals surface area contributed by atoms with Crippen LogP contribution in [0.4, 0.5) is 10.5 Å². The third-order valence-electron chi connectivity index (χ3n) is 4.53. The number of oxazole rings is 1. The van der Waals surface area contributed by atoms with Gasteiger partial charge in [0.15, 0.2) is 0 Å². The Labute approximate surface area is 146 Å². The summed E-state index contributed by atoms with van der Waals surface area (Å²) in [6.07, 6.45) is 1.53. The summed E-state index contributed by atoms with van der Waals surface area (Å²) >= 11 is 0. The van der Waals surface area contributed by atoms with Crippen molar-refractivity contribution in [2.45, 2.75) is 26.7 Å². The monoisotopic (exact) mass is 342 g/mol. The highest BCUT2D eigenvalue weighted by Gasteiger charge is 2.27. The van der Waals surface area contributed by atoms with Gasteiger partial charge in [0, 0.05) is 24.3 Å². The fraction of sp³-hybridized carbons (Fsp3) is 0.389. The molecule has 7 nitrogen and oxygen atoms in total. The van der Waals surface area contributed by atoms with E-state index in [2.05, 4.69) is 10.3 Å². The zero-order chi connectivity index (χ0) is 18.0. The molecule has 0 spiro atoms. The first kappa shape index (κ1) is 17.0. The number of urea groups is 1. The molecule has 1 aliphatic rings. The highest BCUT2D eigenvalue weighted by molar-refractivity contribution is 5.93. The lowest BCUT2D eigenvalue weighted by atomic mass is 9.97. The van der Waals surface area contributed by atoms with Gasteiger partial charge in [0.2, 0.25) is 11.8 Å². The standard InChI is InChI=1S/C18H22N4O3/c1-11-12(2)25-17(20-11)13-5-7-15(8-6-13)21-16(23)14-4-3-9-22(10-14)18(19)24/h5-8,14H,3-4,9-10H2,1-2H3,(H2,19,24)(H,21,23). The molecule has 2 heterocycles. The second-order valence-electron chi connectivity index (χ2n) is 6.35. The number of hydrogen-bond donors (Lipinski definition) is 2. The van der Waals surface area contributed by atoms with Crippen molar-refractivity contribution in [2.75, 3.05) is 18.4 Å². The van der Waals surface area contributed by atoms with Gasteiger partial charge in [-0.25, -0.2) is 9.78 Å². The first-order valence-corrected chi connectivity index (χ1v) is 8.33. The SMILES string of the molecule is Cc1nc(-c2ccc(NC(=O)C3CCCN(C(N)=O)C3)cc2)oc1C. The van der Waals surface area contributed by atoms with E-state index in [1.807, 2.05) is 38.1 Å². The Bertz CT molecular complexity index is 763. The average molecular weight is 342 g/mol. The molecule has 3 N–H and O–H groups in total. The van der Waals surface area contributed by atoms with Crippen LogP contribution in [0.3, 0.4) is 0 Å². The van der Waals surface area contributed by atoms with E-state index in [4.69, 9.17) is 10.2 Å². The molecule has 3 amide bonds. The minimum atomic E-state index is -0.474. The number of anilines is 1. The quantitative estimate of drug-likeness (QED) is 0.895. The highest BCUT2D eigenvalue weighted by atomic mass is 16.4. The van der Waals surface area contributed by atoms with Crippen LogP contribution < -0.4 is 11.1 Å². The Morgan fingerprint density at radius 1 is 1.28 bits per heavy atom. The van der Waals surface area contributed by atoms with Crippen LogP contribution >= 0.6 is 0 Å². The maximum Gasteiger partial charge on any atom is 0.314 e. The van der Waals surface area contributed by atoms with Gasteiger partial charge in [0.05, 0.1) is 11.6 Å². The van der Waals surface area contributed by atoms with E-state index < -0.39 is 6.03 Å². The van der Waals surface area contributed by atoms with Crippen LogP contribution in [0.5, 0.6) is 0 Å². The summed E-state index contributed by atoms with van der Waals surface area (Å²) in [5.74, 6) is 1.03. The van der Waals surface area contributed by atoms with Crippen molar-refractivity contribution < 1.29 is 14.0 Å². The summed E-state index contributed by atoms with van der Waals surface area (Å²) < 4.78 is 5.60. The molecule has 1 atom stereocenters. The lowest BCUT2D eigenvalue weighted by Crippen LogP contribution is -2.46. The summed E-state index contributed by atoms with van der Waals surface area (Å²) in [5, 5.41) is 2.90. The summed E-state index contributed by atoms with van der Waals surface area (Å²) in [6, 6.07) is 6.87. The summed E-state index contributed by atoms with van der Waals surface area (Å²) in [7, 11) is 0. The molecule has 0 bridgehead atoms. The number of likely N-dealkylation sites (tertiary alicyclic amines) is 1. The summed E-state index contributed by atoms with van der Waals surface area (Å²) in [4.78, 5) is 29.6. The highest BCUT2D eigenvalue weighted by Crippen LogP contribution is 2.24. The van der Waals surface area contributed by atoms with Crippen molar-refractivity contribution >= 4 is 17.6 Å². The number of benzene rings is 1. The van der Waals surface area contributed by atoms with Crippen molar-refractivity contribution in [1.29, 1.82) is 0 Å². The van der Waals surface area contributed by atoms with Gasteiger partial charge in [-0.3, -0.25) is 4.79 Å². The number of amides is 3. The average Bonchev–Trinajstić information content (AvgIpc) is 2.94. The van der Waals surface area contributed by atoms with Crippen LogP contribution in [0.2, 0.25) is 0 Å². The Morgan fingerprint density at radius 2 is 2.00 bits per heavy atom. The molecule has 132 valence electrons. The minimum absolute atomic E-state index is 0.0958. The predicted molar refractivity (Wildman–Crippen MR) is 93.9 cm³/mol. The van der Waals surface area contributed by atoms with Gasteiger partial charge in [0.1, 0.15) is 5.76 Å². The van der Waals surface area contributed by atoms with Crippen LogP contribution in [0.15, 0.2) is 28.7 Å². The number of hydrogen-bond acceptors (Lipinski definition) is 4. The number of aryl methyl sites for hydroxylation is 2. The van der Waals surface area contributed by atoms with E-state index in [0.29, 0.717) is 24.7 Å². The number of nitrogens with one attached hydrogen (secondary N) is 1. The number of nitrogens with zero attached hydrogens (tertiary/aromatic N) is 2. The number of carbonyl (C=O) groups is 2. The van der Waals surface area contributed by atoms with Crippen LogP contribution in [0, 0.1) is 19.8 Å². The lowest BCUT2D eigenvalue weighted by molar-refractivity contribution is -0.121. The third-order valence-corrected chi connectivity index (χ3v) is 4.53. The molecule has 1 aromatic heterocycles. The van der Waals surface area contributed by atoms with Crippen LogP contribution in [-0.4, -0.2) is 34.9 Å². The van der Waals surface area contributed by atoms with Crippen LogP contribution in [-0.2, 0) is 4.79 Å². The molecular weight excluding hydrogens is 320 g/mol. The number of carbonyl (C=O) groups excluding carboxylic acids is 2. The van der Waals surface area contributed by atoms with Crippen molar-refractivity contribution in [3.8, 4) is 11.5 Å². The molecule has 1 fully saturated rings. The van der Waals surface area contributed by atoms with Crippen molar-refractivity contribution in [1.82, 2.24) is 9.88 Å². The number of rotatable bonds is 3. The van der Waals surface area contributed by atoms with Crippen molar-refractivity contribution in [3.63, 3.8) is 0 Å². The minimum Gasteiger partial charge on any atom is -0.441 e. The predicted octanol–water partition coefficient (Wildman–Crippen LogP) is 2.69. The molecule has 2 aromatic rings. The van der Waals surface area contributed by atoms with E-state index in [1.165, 1.54) is 4.90 Å². The smallest absolute Gasteiger partial charge is 0.314 e. The van der Waals surface area contributed by atoms with E-state index in [1.54, 1.807) is 0 Å². The van der Waals surface area contributed by atoms with Gasteiger partial charge >= 0.3 is 6.03 Å². The van der Waals surface area contributed by atoms with E-state index >= 15 is 0 Å². The Hall–Kier alpha value is -2.83. The fourth-order valence-corrected chi connectivity index (χ4v) is 2.93. The third kappa shape index (κ3) is 3.81.